The molecular weight excluding hydrogens is 244 g/mol. The number of hydrogen-bond donors (Lipinski definition) is 2. The number of ether oxygens (including phenoxy) is 1. The highest BCUT2D eigenvalue weighted by atomic mass is 16.6. The summed E-state index contributed by atoms with van der Waals surface area (Å²) in [5.41, 5.74) is 0.381. The molecule has 19 heavy (non-hydrogen) atoms. The second kappa shape index (κ2) is 3.93. The zero-order valence-electron chi connectivity index (χ0n) is 11.1. The summed E-state index contributed by atoms with van der Waals surface area (Å²) in [7, 11) is 0. The molecule has 4 heteroatoms. The molecule has 1 aliphatic heterocycles. The van der Waals surface area contributed by atoms with Gasteiger partial charge < -0.3 is 14.9 Å². The largest absolute Gasteiger partial charge is 0.458 e. The fraction of sp³-hybridized carbons (Fsp3) is 0.667. The molecule has 104 valence electrons. The van der Waals surface area contributed by atoms with Crippen LogP contribution in [0.4, 0.5) is 0 Å². The van der Waals surface area contributed by atoms with Gasteiger partial charge in [-0.05, 0) is 25.7 Å². The Balaban J connectivity index is 2.06. The predicted octanol–water partition coefficient (Wildman–Crippen LogP) is 1.18. The molecule has 0 unspecified atom stereocenters. The highest BCUT2D eigenvalue weighted by molar-refractivity contribution is 5.91. The molecule has 0 radical (unpaired) electrons. The van der Waals surface area contributed by atoms with Crippen LogP contribution in [0.3, 0.4) is 0 Å². The molecule has 3 fully saturated rings. The van der Waals surface area contributed by atoms with Gasteiger partial charge in [0.2, 0.25) is 0 Å². The van der Waals surface area contributed by atoms with Gasteiger partial charge in [-0.2, -0.15) is 0 Å². The molecule has 0 aromatic rings. The maximum absolute atomic E-state index is 11.7. The number of carbonyl (C=O) groups excluding carboxylic acids is 1. The number of rotatable bonds is 0. The summed E-state index contributed by atoms with van der Waals surface area (Å²) in [6.45, 7) is 9.58. The van der Waals surface area contributed by atoms with E-state index in [9.17, 15) is 15.0 Å². The number of esters is 1. The van der Waals surface area contributed by atoms with E-state index in [0.717, 1.165) is 18.4 Å². The third-order valence-corrected chi connectivity index (χ3v) is 5.13. The standard InChI is InChI=1S/C15H20O4/c1-7-4-5-9-11(7)13-12(8(2)14(17)19-13)10(16)6-15(9,3)18/h9-13,16,18H,1-2,4-6H2,3H3/t9-,10+,11+,12-,13-,15-/m0/s1. The molecule has 6 atom stereocenters. The SMILES string of the molecule is C=C1C(=O)O[C@@H]2[C@@H]1[C@H](O)C[C@](C)(O)[C@H]1CCC(=C)[C@@H]21. The van der Waals surface area contributed by atoms with Crippen molar-refractivity contribution in [1.82, 2.24) is 0 Å². The topological polar surface area (TPSA) is 66.8 Å². The smallest absolute Gasteiger partial charge is 0.334 e. The fourth-order valence-electron chi connectivity index (χ4n) is 4.19. The molecule has 3 rings (SSSR count). The highest BCUT2D eigenvalue weighted by Crippen LogP contribution is 2.53. The van der Waals surface area contributed by atoms with Gasteiger partial charge in [-0.15, -0.1) is 0 Å². The van der Waals surface area contributed by atoms with Crippen molar-refractivity contribution in [2.24, 2.45) is 17.8 Å². The predicted molar refractivity (Wildman–Crippen MR) is 69.1 cm³/mol. The lowest BCUT2D eigenvalue weighted by molar-refractivity contribution is -0.142. The molecule has 0 amide bonds. The highest BCUT2D eigenvalue weighted by Gasteiger charge is 2.58. The summed E-state index contributed by atoms with van der Waals surface area (Å²) >= 11 is 0. The molecule has 3 aliphatic rings. The van der Waals surface area contributed by atoms with Gasteiger partial charge >= 0.3 is 5.97 Å². The Morgan fingerprint density at radius 1 is 1.37 bits per heavy atom. The van der Waals surface area contributed by atoms with E-state index in [-0.39, 0.29) is 18.3 Å². The average molecular weight is 264 g/mol. The minimum atomic E-state index is -0.958. The van der Waals surface area contributed by atoms with Crippen molar-refractivity contribution >= 4 is 5.97 Å². The maximum Gasteiger partial charge on any atom is 0.334 e. The Labute approximate surface area is 112 Å². The van der Waals surface area contributed by atoms with E-state index in [1.54, 1.807) is 6.92 Å². The minimum absolute atomic E-state index is 0.0108. The van der Waals surface area contributed by atoms with Crippen molar-refractivity contribution in [2.45, 2.75) is 44.0 Å². The summed E-state index contributed by atoms with van der Waals surface area (Å²) in [4.78, 5) is 11.7. The van der Waals surface area contributed by atoms with Crippen LogP contribution in [0, 0.1) is 17.8 Å². The molecule has 0 bridgehead atoms. The Hall–Kier alpha value is -1.13. The van der Waals surface area contributed by atoms with Crippen LogP contribution in [0.25, 0.3) is 0 Å². The van der Waals surface area contributed by atoms with Crippen LogP contribution in [-0.4, -0.2) is 34.0 Å². The van der Waals surface area contributed by atoms with E-state index in [1.807, 2.05) is 0 Å². The monoisotopic (exact) mass is 264 g/mol. The van der Waals surface area contributed by atoms with Gasteiger partial charge in [-0.1, -0.05) is 18.7 Å². The lowest BCUT2D eigenvalue weighted by Crippen LogP contribution is -2.39. The van der Waals surface area contributed by atoms with Crippen LogP contribution < -0.4 is 0 Å². The van der Waals surface area contributed by atoms with Crippen LogP contribution in [0.15, 0.2) is 24.3 Å². The average Bonchev–Trinajstić information content (AvgIpc) is 2.78. The van der Waals surface area contributed by atoms with E-state index >= 15 is 0 Å². The van der Waals surface area contributed by atoms with Crippen molar-refractivity contribution in [2.75, 3.05) is 0 Å². The lowest BCUT2D eigenvalue weighted by Gasteiger charge is -2.33. The van der Waals surface area contributed by atoms with Crippen LogP contribution in [0.1, 0.15) is 26.2 Å². The molecular formula is C15H20O4. The third kappa shape index (κ3) is 1.70. The zero-order chi connectivity index (χ0) is 13.9. The van der Waals surface area contributed by atoms with Gasteiger partial charge in [0.25, 0.3) is 0 Å². The van der Waals surface area contributed by atoms with Gasteiger partial charge in [0, 0.05) is 17.9 Å². The third-order valence-electron chi connectivity index (χ3n) is 5.13. The number of aliphatic hydroxyl groups excluding tert-OH is 1. The normalized spacial score (nSPS) is 49.6. The molecule has 1 saturated heterocycles. The number of aliphatic hydroxyl groups is 2. The second-order valence-electron chi connectivity index (χ2n) is 6.38. The van der Waals surface area contributed by atoms with Crippen LogP contribution in [0.2, 0.25) is 0 Å². The first-order valence-electron chi connectivity index (χ1n) is 6.81. The van der Waals surface area contributed by atoms with Gasteiger partial charge in [0.15, 0.2) is 0 Å². The van der Waals surface area contributed by atoms with Crippen molar-refractivity contribution < 1.29 is 19.7 Å². The summed E-state index contributed by atoms with van der Waals surface area (Å²) in [6, 6.07) is 0. The molecule has 0 spiro atoms. The second-order valence-corrected chi connectivity index (χ2v) is 6.38. The first-order chi connectivity index (χ1) is 8.83. The van der Waals surface area contributed by atoms with Gasteiger partial charge in [0.1, 0.15) is 6.10 Å². The quantitative estimate of drug-likeness (QED) is 0.392. The number of fused-ring (bicyclic) bond motifs is 3. The summed E-state index contributed by atoms with van der Waals surface area (Å²) in [6.07, 6.45) is 0.713. The fourth-order valence-corrected chi connectivity index (χ4v) is 4.19. The number of carbonyl (C=O) groups is 1. The Morgan fingerprint density at radius 3 is 2.74 bits per heavy atom. The Morgan fingerprint density at radius 2 is 2.05 bits per heavy atom. The molecule has 0 aromatic heterocycles. The Bertz CT molecular complexity index is 465. The van der Waals surface area contributed by atoms with E-state index in [1.165, 1.54) is 0 Å². The first-order valence-corrected chi connectivity index (χ1v) is 6.81. The molecule has 2 saturated carbocycles. The van der Waals surface area contributed by atoms with Gasteiger partial charge in [-0.3, -0.25) is 0 Å². The summed E-state index contributed by atoms with van der Waals surface area (Å²) < 4.78 is 5.44. The van der Waals surface area contributed by atoms with E-state index in [4.69, 9.17) is 4.74 Å². The molecule has 0 aromatic carbocycles. The van der Waals surface area contributed by atoms with Crippen LogP contribution in [0.5, 0.6) is 0 Å². The lowest BCUT2D eigenvalue weighted by atomic mass is 9.78. The van der Waals surface area contributed by atoms with Crippen LogP contribution >= 0.6 is 0 Å². The Kier molecular flexibility index (Phi) is 2.67. The van der Waals surface area contributed by atoms with Crippen molar-refractivity contribution in [3.05, 3.63) is 24.3 Å². The van der Waals surface area contributed by atoms with E-state index < -0.39 is 29.7 Å². The van der Waals surface area contributed by atoms with Crippen LogP contribution in [-0.2, 0) is 9.53 Å². The molecule has 2 aliphatic carbocycles. The number of hydrogen-bond acceptors (Lipinski definition) is 4. The molecule has 4 nitrogen and oxygen atoms in total. The maximum atomic E-state index is 11.7. The van der Waals surface area contributed by atoms with Crippen molar-refractivity contribution in [1.29, 1.82) is 0 Å². The summed E-state index contributed by atoms with van der Waals surface area (Å²) in [5.74, 6) is -0.915. The molecule has 2 N–H and O–H groups in total. The summed E-state index contributed by atoms with van der Waals surface area (Å²) in [5, 5.41) is 21.0. The van der Waals surface area contributed by atoms with Gasteiger partial charge in [0.05, 0.1) is 17.6 Å². The van der Waals surface area contributed by atoms with E-state index in [2.05, 4.69) is 13.2 Å². The van der Waals surface area contributed by atoms with Crippen molar-refractivity contribution in [3.63, 3.8) is 0 Å². The zero-order valence-corrected chi connectivity index (χ0v) is 11.1. The van der Waals surface area contributed by atoms with Gasteiger partial charge in [-0.25, -0.2) is 4.79 Å². The van der Waals surface area contributed by atoms with E-state index in [0.29, 0.717) is 5.57 Å². The van der Waals surface area contributed by atoms with Crippen molar-refractivity contribution in [3.8, 4) is 0 Å². The first kappa shape index (κ1) is 12.9. The molecule has 1 heterocycles. The minimum Gasteiger partial charge on any atom is -0.458 e.